The van der Waals surface area contributed by atoms with E-state index < -0.39 is 10.0 Å². The van der Waals surface area contributed by atoms with Gasteiger partial charge in [-0.15, -0.1) is 0 Å². The number of allylic oxidation sites excluding steroid dienone is 3. The van der Waals surface area contributed by atoms with E-state index in [1.165, 1.54) is 18.4 Å². The number of methoxy groups -OCH3 is 1. The van der Waals surface area contributed by atoms with E-state index in [4.69, 9.17) is 27.2 Å². The van der Waals surface area contributed by atoms with Gasteiger partial charge in [-0.05, 0) is 64.7 Å². The first-order valence-corrected chi connectivity index (χ1v) is 10.7. The van der Waals surface area contributed by atoms with E-state index in [0.29, 0.717) is 21.9 Å². The van der Waals surface area contributed by atoms with Crippen LogP contribution in [0.4, 0.5) is 0 Å². The summed E-state index contributed by atoms with van der Waals surface area (Å²) in [7, 11) is -2.37. The summed E-state index contributed by atoms with van der Waals surface area (Å²) in [5.41, 5.74) is 9.50. The molecular weight excluding hydrogens is 422 g/mol. The maximum absolute atomic E-state index is 11.7. The highest BCUT2D eigenvalue weighted by Gasteiger charge is 2.12. The van der Waals surface area contributed by atoms with E-state index in [-0.39, 0.29) is 4.91 Å². The molecule has 154 valence electrons. The molecule has 3 aromatic rings. The van der Waals surface area contributed by atoms with Gasteiger partial charge in [0.25, 0.3) is 0 Å². The van der Waals surface area contributed by atoms with Crippen LogP contribution in [0.2, 0.25) is 5.02 Å². The third-order valence-electron chi connectivity index (χ3n) is 4.54. The Bertz CT molecular complexity index is 1300. The molecule has 6 nitrogen and oxygen atoms in total. The van der Waals surface area contributed by atoms with Crippen molar-refractivity contribution in [3.05, 3.63) is 89.1 Å². The Labute approximate surface area is 180 Å². The first-order valence-electron chi connectivity index (χ1n) is 8.80. The number of sulfonamides is 1. The fourth-order valence-corrected chi connectivity index (χ4v) is 3.83. The number of hydrogen-bond acceptors (Lipinski definition) is 5. The highest BCUT2D eigenvalue weighted by atomic mass is 35.5. The number of nitrogens with two attached hydrogens (primary N) is 2. The van der Waals surface area contributed by atoms with Crippen molar-refractivity contribution in [1.82, 2.24) is 4.98 Å². The number of halogens is 1. The SMILES string of the molecule is C=C/C(=C\C(=C/N)c1ccc2nccc(-c3ccc(OC)c(Cl)c3)c2c1)S(N)(=O)=O. The molecule has 0 bridgehead atoms. The van der Waals surface area contributed by atoms with Crippen LogP contribution >= 0.6 is 11.6 Å². The maximum Gasteiger partial charge on any atom is 0.238 e. The second kappa shape index (κ2) is 8.71. The van der Waals surface area contributed by atoms with Crippen LogP contribution in [0, 0.1) is 0 Å². The van der Waals surface area contributed by atoms with Gasteiger partial charge < -0.3 is 10.5 Å². The molecule has 1 heterocycles. The molecule has 30 heavy (non-hydrogen) atoms. The summed E-state index contributed by atoms with van der Waals surface area (Å²) in [6, 6.07) is 12.9. The monoisotopic (exact) mass is 441 g/mol. The minimum Gasteiger partial charge on any atom is -0.495 e. The van der Waals surface area contributed by atoms with Gasteiger partial charge in [0.2, 0.25) is 10.0 Å². The molecule has 0 aliphatic rings. The molecule has 0 spiro atoms. The summed E-state index contributed by atoms with van der Waals surface area (Å²) in [6.45, 7) is 3.51. The Morgan fingerprint density at radius 3 is 2.57 bits per heavy atom. The van der Waals surface area contributed by atoms with Gasteiger partial charge in [-0.1, -0.05) is 30.3 Å². The third kappa shape index (κ3) is 4.38. The Hall–Kier alpha value is -3.13. The summed E-state index contributed by atoms with van der Waals surface area (Å²) in [5.74, 6) is 0.581. The van der Waals surface area contributed by atoms with Gasteiger partial charge in [-0.2, -0.15) is 0 Å². The lowest BCUT2D eigenvalue weighted by molar-refractivity contribution is 0.415. The van der Waals surface area contributed by atoms with Crippen molar-refractivity contribution >= 4 is 38.1 Å². The van der Waals surface area contributed by atoms with Gasteiger partial charge in [-0.3, -0.25) is 4.98 Å². The smallest absolute Gasteiger partial charge is 0.238 e. The van der Waals surface area contributed by atoms with Crippen LogP contribution in [0.5, 0.6) is 5.75 Å². The van der Waals surface area contributed by atoms with E-state index in [0.717, 1.165) is 22.0 Å². The fourth-order valence-electron chi connectivity index (χ4n) is 3.05. The molecule has 3 rings (SSSR count). The van der Waals surface area contributed by atoms with Gasteiger partial charge in [0.15, 0.2) is 0 Å². The molecule has 2 aromatic carbocycles. The largest absolute Gasteiger partial charge is 0.495 e. The van der Waals surface area contributed by atoms with Crippen LogP contribution < -0.4 is 15.6 Å². The number of nitrogens with zero attached hydrogens (tertiary/aromatic N) is 1. The van der Waals surface area contributed by atoms with Crippen LogP contribution in [0.25, 0.3) is 27.6 Å². The zero-order chi connectivity index (χ0) is 21.9. The van der Waals surface area contributed by atoms with Crippen LogP contribution in [-0.2, 0) is 10.0 Å². The first-order chi connectivity index (χ1) is 14.3. The first kappa shape index (κ1) is 21.6. The van der Waals surface area contributed by atoms with E-state index >= 15 is 0 Å². The average Bonchev–Trinajstić information content (AvgIpc) is 2.72. The number of pyridine rings is 1. The number of ether oxygens (including phenoxy) is 1. The molecular formula is C22H20ClN3O3S. The summed E-state index contributed by atoms with van der Waals surface area (Å²) in [6.07, 6.45) is 5.58. The van der Waals surface area contributed by atoms with E-state index in [9.17, 15) is 8.42 Å². The summed E-state index contributed by atoms with van der Waals surface area (Å²) in [5, 5.41) is 6.57. The predicted molar refractivity (Wildman–Crippen MR) is 122 cm³/mol. The summed E-state index contributed by atoms with van der Waals surface area (Å²) < 4.78 is 28.7. The fraction of sp³-hybridized carbons (Fsp3) is 0.0455. The van der Waals surface area contributed by atoms with E-state index in [2.05, 4.69) is 11.6 Å². The molecule has 0 unspecified atom stereocenters. The molecule has 0 saturated carbocycles. The van der Waals surface area contributed by atoms with Crippen molar-refractivity contribution in [2.75, 3.05) is 7.11 Å². The molecule has 8 heteroatoms. The number of fused-ring (bicyclic) bond motifs is 1. The average molecular weight is 442 g/mol. The topological polar surface area (TPSA) is 108 Å². The molecule has 0 aliphatic heterocycles. The number of aromatic nitrogens is 1. The van der Waals surface area contributed by atoms with Gasteiger partial charge in [0.1, 0.15) is 5.75 Å². The minimum absolute atomic E-state index is 0.132. The van der Waals surface area contributed by atoms with Crippen LogP contribution in [0.3, 0.4) is 0 Å². The molecule has 0 saturated heterocycles. The molecule has 4 N–H and O–H groups in total. The number of primary sulfonamides is 1. The number of rotatable bonds is 6. The second-order valence-corrected chi connectivity index (χ2v) is 8.33. The summed E-state index contributed by atoms with van der Waals surface area (Å²) in [4.78, 5) is 4.28. The second-order valence-electron chi connectivity index (χ2n) is 6.36. The lowest BCUT2D eigenvalue weighted by Crippen LogP contribution is -2.13. The molecule has 0 atom stereocenters. The van der Waals surface area contributed by atoms with Crippen molar-refractivity contribution in [2.24, 2.45) is 10.9 Å². The summed E-state index contributed by atoms with van der Waals surface area (Å²) >= 11 is 6.30. The number of benzene rings is 2. The standard InChI is InChI=1S/C22H20ClN3O3S/c1-3-17(30(25,27)28)10-16(13-24)14-4-6-21-19(11-14)18(8-9-26-21)15-5-7-22(29-2)20(23)12-15/h3-13H,1,24H2,2H3,(H2,25,27,28)/b16-13+,17-10+. The van der Waals surface area contributed by atoms with Crippen LogP contribution in [0.1, 0.15) is 5.56 Å². The van der Waals surface area contributed by atoms with Crippen LogP contribution in [0.15, 0.2) is 78.5 Å². The van der Waals surface area contributed by atoms with Crippen LogP contribution in [-0.4, -0.2) is 20.5 Å². The minimum atomic E-state index is -3.93. The lowest BCUT2D eigenvalue weighted by atomic mass is 9.97. The molecule has 0 aliphatic carbocycles. The van der Waals surface area contributed by atoms with Gasteiger partial charge >= 0.3 is 0 Å². The number of hydrogen-bond donors (Lipinski definition) is 2. The Morgan fingerprint density at radius 2 is 1.97 bits per heavy atom. The molecule has 0 radical (unpaired) electrons. The molecule has 0 fully saturated rings. The van der Waals surface area contributed by atoms with Gasteiger partial charge in [0, 0.05) is 17.8 Å². The van der Waals surface area contributed by atoms with E-state index in [1.54, 1.807) is 25.4 Å². The Morgan fingerprint density at radius 1 is 1.20 bits per heavy atom. The normalized spacial score (nSPS) is 12.8. The van der Waals surface area contributed by atoms with Crippen molar-refractivity contribution in [3.63, 3.8) is 0 Å². The maximum atomic E-state index is 11.7. The van der Waals surface area contributed by atoms with Crippen molar-refractivity contribution in [2.45, 2.75) is 0 Å². The van der Waals surface area contributed by atoms with Crippen molar-refractivity contribution in [3.8, 4) is 16.9 Å². The molecule has 0 amide bonds. The van der Waals surface area contributed by atoms with E-state index in [1.807, 2.05) is 30.3 Å². The predicted octanol–water partition coefficient (Wildman–Crippen LogP) is 4.22. The highest BCUT2D eigenvalue weighted by Crippen LogP contribution is 2.34. The molecule has 1 aromatic heterocycles. The van der Waals surface area contributed by atoms with Crippen molar-refractivity contribution < 1.29 is 13.2 Å². The van der Waals surface area contributed by atoms with Crippen molar-refractivity contribution in [1.29, 1.82) is 0 Å². The third-order valence-corrected chi connectivity index (χ3v) is 5.78. The Balaban J connectivity index is 2.19. The quantitative estimate of drug-likeness (QED) is 0.556. The lowest BCUT2D eigenvalue weighted by Gasteiger charge is -2.11. The van der Waals surface area contributed by atoms with Gasteiger partial charge in [-0.25, -0.2) is 13.6 Å². The zero-order valence-corrected chi connectivity index (χ0v) is 17.7. The Kier molecular flexibility index (Phi) is 6.26. The highest BCUT2D eigenvalue weighted by molar-refractivity contribution is 7.93. The van der Waals surface area contributed by atoms with Gasteiger partial charge in [0.05, 0.1) is 22.6 Å². The zero-order valence-electron chi connectivity index (χ0n) is 16.2.